The standard InChI is InChI=1S/C8H20NO4P/c1-3-13-14(12-2)8-9(4-6-10)5-7-11/h10-11H,3-8H2,1-2H3. The normalized spacial score (nSPS) is 13.5. The van der Waals surface area contributed by atoms with E-state index in [0.717, 1.165) is 0 Å². The summed E-state index contributed by atoms with van der Waals surface area (Å²) in [5.74, 6) is 0. The second-order valence-electron chi connectivity index (χ2n) is 2.64. The van der Waals surface area contributed by atoms with Crippen LogP contribution in [0.4, 0.5) is 0 Å². The molecule has 0 amide bonds. The number of aliphatic hydroxyl groups is 2. The fourth-order valence-electron chi connectivity index (χ4n) is 0.995. The van der Waals surface area contributed by atoms with Crippen LogP contribution < -0.4 is 0 Å². The minimum atomic E-state index is -0.917. The molecule has 0 aliphatic heterocycles. The van der Waals surface area contributed by atoms with Crippen LogP contribution >= 0.6 is 8.38 Å². The van der Waals surface area contributed by atoms with Gasteiger partial charge in [-0.2, -0.15) is 0 Å². The van der Waals surface area contributed by atoms with Crippen LogP contribution in [0.1, 0.15) is 6.92 Å². The molecule has 0 aromatic carbocycles. The maximum atomic E-state index is 8.78. The summed E-state index contributed by atoms with van der Waals surface area (Å²) in [6.45, 7) is 3.77. The zero-order valence-electron chi connectivity index (χ0n) is 8.85. The van der Waals surface area contributed by atoms with E-state index in [4.69, 9.17) is 19.3 Å². The van der Waals surface area contributed by atoms with Crippen molar-refractivity contribution in [2.45, 2.75) is 6.92 Å². The molecule has 14 heavy (non-hydrogen) atoms. The van der Waals surface area contributed by atoms with Crippen molar-refractivity contribution < 1.29 is 19.3 Å². The average molecular weight is 225 g/mol. The molecule has 0 aliphatic rings. The molecule has 86 valence electrons. The summed E-state index contributed by atoms with van der Waals surface area (Å²) in [5.41, 5.74) is 0. The van der Waals surface area contributed by atoms with Crippen molar-refractivity contribution in [2.24, 2.45) is 0 Å². The van der Waals surface area contributed by atoms with Gasteiger partial charge in [-0.3, -0.25) is 4.90 Å². The minimum absolute atomic E-state index is 0.0824. The fraction of sp³-hybridized carbons (Fsp3) is 1.00. The van der Waals surface area contributed by atoms with Crippen molar-refractivity contribution >= 4 is 8.38 Å². The van der Waals surface area contributed by atoms with Gasteiger partial charge in [0.2, 0.25) is 0 Å². The van der Waals surface area contributed by atoms with Gasteiger partial charge in [-0.15, -0.1) is 0 Å². The molecular weight excluding hydrogens is 205 g/mol. The molecule has 0 radical (unpaired) electrons. The summed E-state index contributed by atoms with van der Waals surface area (Å²) in [6, 6.07) is 0. The Morgan fingerprint density at radius 3 is 2.14 bits per heavy atom. The Hall–Kier alpha value is 0.230. The van der Waals surface area contributed by atoms with Gasteiger partial charge in [0.1, 0.15) is 0 Å². The number of aliphatic hydroxyl groups excluding tert-OH is 2. The molecule has 0 bridgehead atoms. The summed E-state index contributed by atoms with van der Waals surface area (Å²) in [4.78, 5) is 1.92. The molecule has 0 aromatic rings. The van der Waals surface area contributed by atoms with E-state index >= 15 is 0 Å². The van der Waals surface area contributed by atoms with Gasteiger partial charge in [-0.25, -0.2) is 0 Å². The Bertz CT molecular complexity index is 122. The lowest BCUT2D eigenvalue weighted by molar-refractivity contribution is 0.169. The van der Waals surface area contributed by atoms with Crippen LogP contribution in [0.2, 0.25) is 0 Å². The quantitative estimate of drug-likeness (QED) is 0.550. The minimum Gasteiger partial charge on any atom is -0.395 e. The molecule has 0 rings (SSSR count). The van der Waals surface area contributed by atoms with Gasteiger partial charge in [0, 0.05) is 20.2 Å². The zero-order chi connectivity index (χ0) is 10.8. The third kappa shape index (κ3) is 6.65. The number of nitrogens with zero attached hydrogens (tertiary/aromatic N) is 1. The molecular formula is C8H20NO4P. The Labute approximate surface area is 86.5 Å². The van der Waals surface area contributed by atoms with Gasteiger partial charge in [-0.05, 0) is 6.92 Å². The SMILES string of the molecule is CCOP(CN(CCO)CCO)OC. The molecule has 0 aliphatic carbocycles. The molecule has 5 nitrogen and oxygen atoms in total. The third-order valence-electron chi connectivity index (χ3n) is 1.62. The molecule has 1 unspecified atom stereocenters. The fourth-order valence-corrected chi connectivity index (χ4v) is 2.19. The third-order valence-corrected chi connectivity index (χ3v) is 3.21. The molecule has 0 saturated heterocycles. The summed E-state index contributed by atoms with van der Waals surface area (Å²) in [6.07, 6.45) is 0.626. The van der Waals surface area contributed by atoms with Crippen molar-refractivity contribution in [3.05, 3.63) is 0 Å². The topological polar surface area (TPSA) is 62.2 Å². The first-order chi connectivity index (χ1) is 6.78. The first-order valence-corrected chi connectivity index (χ1v) is 6.03. The number of hydrogen-bond donors (Lipinski definition) is 2. The van der Waals surface area contributed by atoms with Crippen LogP contribution in [0, 0.1) is 0 Å². The number of hydrogen-bond acceptors (Lipinski definition) is 5. The van der Waals surface area contributed by atoms with E-state index in [2.05, 4.69) is 0 Å². The van der Waals surface area contributed by atoms with E-state index in [0.29, 0.717) is 26.0 Å². The Morgan fingerprint density at radius 2 is 1.79 bits per heavy atom. The van der Waals surface area contributed by atoms with Crippen molar-refractivity contribution in [3.8, 4) is 0 Å². The zero-order valence-corrected chi connectivity index (χ0v) is 9.74. The van der Waals surface area contributed by atoms with Crippen molar-refractivity contribution in [2.75, 3.05) is 46.3 Å². The maximum absolute atomic E-state index is 8.78. The lowest BCUT2D eigenvalue weighted by Crippen LogP contribution is -2.30. The first-order valence-electron chi connectivity index (χ1n) is 4.67. The Morgan fingerprint density at radius 1 is 1.21 bits per heavy atom. The molecule has 6 heteroatoms. The van der Waals surface area contributed by atoms with Crippen LogP contribution in [-0.4, -0.2) is 61.4 Å². The molecule has 1 atom stereocenters. The molecule has 0 aromatic heterocycles. The van der Waals surface area contributed by atoms with Crippen molar-refractivity contribution in [3.63, 3.8) is 0 Å². The van der Waals surface area contributed by atoms with Crippen molar-refractivity contribution in [1.29, 1.82) is 0 Å². The van der Waals surface area contributed by atoms with Crippen LogP contribution in [0.25, 0.3) is 0 Å². The Balaban J connectivity index is 3.83. The lowest BCUT2D eigenvalue weighted by atomic mass is 10.5. The van der Waals surface area contributed by atoms with Crippen LogP contribution in [0.3, 0.4) is 0 Å². The second-order valence-corrected chi connectivity index (χ2v) is 4.21. The van der Waals surface area contributed by atoms with Crippen LogP contribution in [0.15, 0.2) is 0 Å². The molecule has 0 fully saturated rings. The smallest absolute Gasteiger partial charge is 0.185 e. The van der Waals surface area contributed by atoms with Gasteiger partial charge in [0.05, 0.1) is 26.1 Å². The maximum Gasteiger partial charge on any atom is 0.185 e. The summed E-state index contributed by atoms with van der Waals surface area (Å²) in [5, 5.41) is 17.6. The van der Waals surface area contributed by atoms with Crippen LogP contribution in [0.5, 0.6) is 0 Å². The highest BCUT2D eigenvalue weighted by atomic mass is 31.2. The molecule has 0 saturated carbocycles. The number of rotatable bonds is 9. The van der Waals surface area contributed by atoms with E-state index in [9.17, 15) is 0 Å². The van der Waals surface area contributed by atoms with E-state index in [1.165, 1.54) is 0 Å². The average Bonchev–Trinajstić information content (AvgIpc) is 2.18. The summed E-state index contributed by atoms with van der Waals surface area (Å²) in [7, 11) is 0.691. The predicted molar refractivity (Wildman–Crippen MR) is 56.2 cm³/mol. The highest BCUT2D eigenvalue weighted by Crippen LogP contribution is 2.37. The van der Waals surface area contributed by atoms with E-state index < -0.39 is 8.38 Å². The van der Waals surface area contributed by atoms with Gasteiger partial charge < -0.3 is 19.3 Å². The van der Waals surface area contributed by atoms with Crippen molar-refractivity contribution in [1.82, 2.24) is 4.90 Å². The van der Waals surface area contributed by atoms with Gasteiger partial charge >= 0.3 is 0 Å². The Kier molecular flexibility index (Phi) is 9.93. The monoisotopic (exact) mass is 225 g/mol. The highest BCUT2D eigenvalue weighted by Gasteiger charge is 2.13. The predicted octanol–water partition coefficient (Wildman–Crippen LogP) is 0.225. The van der Waals surface area contributed by atoms with Gasteiger partial charge in [0.25, 0.3) is 0 Å². The lowest BCUT2D eigenvalue weighted by Gasteiger charge is -2.24. The molecule has 0 heterocycles. The van der Waals surface area contributed by atoms with E-state index in [1.807, 2.05) is 11.8 Å². The largest absolute Gasteiger partial charge is 0.395 e. The second kappa shape index (κ2) is 9.77. The van der Waals surface area contributed by atoms with Crippen LogP contribution in [-0.2, 0) is 9.05 Å². The van der Waals surface area contributed by atoms with E-state index in [1.54, 1.807) is 7.11 Å². The van der Waals surface area contributed by atoms with Gasteiger partial charge in [0.15, 0.2) is 8.38 Å². The first kappa shape index (κ1) is 14.2. The van der Waals surface area contributed by atoms with E-state index in [-0.39, 0.29) is 13.2 Å². The highest BCUT2D eigenvalue weighted by molar-refractivity contribution is 7.47. The summed E-state index contributed by atoms with van der Waals surface area (Å²) >= 11 is 0. The molecule has 0 spiro atoms. The molecule has 2 N–H and O–H groups in total. The van der Waals surface area contributed by atoms with Gasteiger partial charge in [-0.1, -0.05) is 0 Å². The summed E-state index contributed by atoms with van der Waals surface area (Å²) < 4.78 is 10.5.